The number of fused-ring (bicyclic) bond motifs is 1. The number of nitrogens with one attached hydrogen (secondary N) is 1. The molecule has 0 spiro atoms. The first kappa shape index (κ1) is 17.4. The molecule has 0 fully saturated rings. The van der Waals surface area contributed by atoms with E-state index in [4.69, 9.17) is 11.6 Å². The Bertz CT molecular complexity index is 922. The number of alkyl halides is 2. The van der Waals surface area contributed by atoms with Crippen LogP contribution in [0, 0.1) is 0 Å². The highest BCUT2D eigenvalue weighted by Gasteiger charge is 2.08. The van der Waals surface area contributed by atoms with Crippen LogP contribution in [0.25, 0.3) is 16.2 Å². The van der Waals surface area contributed by atoms with Crippen LogP contribution in [0.3, 0.4) is 0 Å². The van der Waals surface area contributed by atoms with Gasteiger partial charge in [-0.25, -0.2) is 0 Å². The van der Waals surface area contributed by atoms with E-state index in [-0.39, 0.29) is 11.7 Å². The molecule has 0 unspecified atom stereocenters. The summed E-state index contributed by atoms with van der Waals surface area (Å²) in [5.74, 6) is -0.323. The van der Waals surface area contributed by atoms with E-state index >= 15 is 0 Å². The van der Waals surface area contributed by atoms with E-state index in [2.05, 4.69) is 10.1 Å². The Morgan fingerprint density at radius 3 is 2.56 bits per heavy atom. The zero-order chi connectivity index (χ0) is 17.8. The molecule has 1 aromatic heterocycles. The van der Waals surface area contributed by atoms with Gasteiger partial charge in [0.1, 0.15) is 5.75 Å². The molecule has 25 heavy (non-hydrogen) atoms. The number of rotatable bonds is 5. The highest BCUT2D eigenvalue weighted by Crippen LogP contribution is 2.35. The third-order valence-corrected chi connectivity index (χ3v) is 4.95. The summed E-state index contributed by atoms with van der Waals surface area (Å²) in [6.45, 7) is -2.88. The molecule has 0 aliphatic carbocycles. The van der Waals surface area contributed by atoms with E-state index in [9.17, 15) is 13.6 Å². The number of halogens is 3. The lowest BCUT2D eigenvalue weighted by molar-refractivity contribution is -0.111. The number of carbonyl (C=O) groups excluding carboxylic acids is 1. The molecule has 0 radical (unpaired) electrons. The summed E-state index contributed by atoms with van der Waals surface area (Å²) in [4.78, 5) is 12.8. The normalized spacial score (nSPS) is 11.4. The number of thiophene rings is 1. The van der Waals surface area contributed by atoms with Crippen LogP contribution in [-0.4, -0.2) is 12.5 Å². The lowest BCUT2D eigenvalue weighted by atomic mass is 10.2. The van der Waals surface area contributed by atoms with Gasteiger partial charge in [-0.1, -0.05) is 29.8 Å². The van der Waals surface area contributed by atoms with E-state index in [1.807, 2.05) is 24.3 Å². The molecule has 2 aromatic carbocycles. The number of benzene rings is 2. The molecule has 0 aliphatic rings. The van der Waals surface area contributed by atoms with Crippen LogP contribution in [0.2, 0.25) is 5.02 Å². The second kappa shape index (κ2) is 7.63. The van der Waals surface area contributed by atoms with Gasteiger partial charge in [-0.2, -0.15) is 8.78 Å². The predicted octanol–water partition coefficient (Wildman–Crippen LogP) is 5.81. The van der Waals surface area contributed by atoms with Gasteiger partial charge in [-0.15, -0.1) is 11.3 Å². The standard InChI is InChI=1S/C18H12ClF2NO2S/c19-17-13-3-1-2-4-14(13)25-15(17)9-10-16(23)22-11-5-7-12(8-6-11)24-18(20)21/h1-10,18H,(H,22,23)/b10-9+. The summed E-state index contributed by atoms with van der Waals surface area (Å²) >= 11 is 7.81. The molecule has 1 N–H and O–H groups in total. The van der Waals surface area contributed by atoms with Crippen molar-refractivity contribution in [3.8, 4) is 5.75 Å². The molecule has 128 valence electrons. The van der Waals surface area contributed by atoms with E-state index < -0.39 is 6.61 Å². The summed E-state index contributed by atoms with van der Waals surface area (Å²) in [6, 6.07) is 13.4. The van der Waals surface area contributed by atoms with Crippen LogP contribution < -0.4 is 10.1 Å². The maximum absolute atomic E-state index is 12.1. The van der Waals surface area contributed by atoms with E-state index in [1.54, 1.807) is 6.08 Å². The Labute approximate surface area is 151 Å². The smallest absolute Gasteiger partial charge is 0.387 e. The molecule has 3 aromatic rings. The number of anilines is 1. The second-order valence-electron chi connectivity index (χ2n) is 5.00. The largest absolute Gasteiger partial charge is 0.435 e. The zero-order valence-electron chi connectivity index (χ0n) is 12.7. The van der Waals surface area contributed by atoms with Gasteiger partial charge in [0.2, 0.25) is 5.91 Å². The van der Waals surface area contributed by atoms with Gasteiger partial charge in [0.15, 0.2) is 0 Å². The fourth-order valence-corrected chi connectivity index (χ4v) is 3.59. The molecule has 1 amide bonds. The lowest BCUT2D eigenvalue weighted by Gasteiger charge is -2.06. The fourth-order valence-electron chi connectivity index (χ4n) is 2.20. The van der Waals surface area contributed by atoms with Crippen LogP contribution in [0.4, 0.5) is 14.5 Å². The minimum absolute atomic E-state index is 0.0283. The molecular formula is C18H12ClF2NO2S. The molecule has 1 heterocycles. The lowest BCUT2D eigenvalue weighted by Crippen LogP contribution is -2.07. The molecule has 0 saturated carbocycles. The predicted molar refractivity (Wildman–Crippen MR) is 97.6 cm³/mol. The van der Waals surface area contributed by atoms with Crippen molar-refractivity contribution in [1.29, 1.82) is 0 Å². The average molecular weight is 380 g/mol. The van der Waals surface area contributed by atoms with Crippen molar-refractivity contribution in [2.24, 2.45) is 0 Å². The molecule has 0 atom stereocenters. The SMILES string of the molecule is O=C(/C=C/c1sc2ccccc2c1Cl)Nc1ccc(OC(F)F)cc1. The Kier molecular flexibility index (Phi) is 5.31. The Morgan fingerprint density at radius 2 is 1.88 bits per heavy atom. The topological polar surface area (TPSA) is 38.3 Å². The van der Waals surface area contributed by atoms with Crippen molar-refractivity contribution in [1.82, 2.24) is 0 Å². The van der Waals surface area contributed by atoms with Crippen molar-refractivity contribution in [2.45, 2.75) is 6.61 Å². The summed E-state index contributed by atoms with van der Waals surface area (Å²) in [5.41, 5.74) is 0.471. The van der Waals surface area contributed by atoms with Crippen molar-refractivity contribution in [2.75, 3.05) is 5.32 Å². The van der Waals surface area contributed by atoms with Gasteiger partial charge in [0.25, 0.3) is 0 Å². The number of ether oxygens (including phenoxy) is 1. The molecular weight excluding hydrogens is 368 g/mol. The van der Waals surface area contributed by atoms with Gasteiger partial charge in [0.05, 0.1) is 5.02 Å². The van der Waals surface area contributed by atoms with Crippen LogP contribution in [0.5, 0.6) is 5.75 Å². The molecule has 3 nitrogen and oxygen atoms in total. The Hall–Kier alpha value is -2.44. The van der Waals surface area contributed by atoms with Gasteiger partial charge in [-0.05, 0) is 36.4 Å². The van der Waals surface area contributed by atoms with Gasteiger partial charge >= 0.3 is 6.61 Å². The van der Waals surface area contributed by atoms with Gasteiger partial charge in [0, 0.05) is 26.7 Å². The average Bonchev–Trinajstić information content (AvgIpc) is 2.91. The monoisotopic (exact) mass is 379 g/mol. The van der Waals surface area contributed by atoms with Crippen LogP contribution >= 0.6 is 22.9 Å². The van der Waals surface area contributed by atoms with Crippen LogP contribution in [0.1, 0.15) is 4.88 Å². The molecule has 3 rings (SSSR count). The second-order valence-corrected chi connectivity index (χ2v) is 6.46. The van der Waals surface area contributed by atoms with Crippen molar-refractivity contribution < 1.29 is 18.3 Å². The van der Waals surface area contributed by atoms with Crippen molar-refractivity contribution in [3.63, 3.8) is 0 Å². The summed E-state index contributed by atoms with van der Waals surface area (Å²) in [6.07, 6.45) is 3.02. The zero-order valence-corrected chi connectivity index (χ0v) is 14.3. The van der Waals surface area contributed by atoms with Gasteiger partial charge < -0.3 is 10.1 Å². The summed E-state index contributed by atoms with van der Waals surface area (Å²) < 4.78 is 29.5. The molecule has 0 aliphatic heterocycles. The van der Waals surface area contributed by atoms with Gasteiger partial charge in [-0.3, -0.25) is 4.79 Å². The first-order valence-corrected chi connectivity index (χ1v) is 8.43. The van der Waals surface area contributed by atoms with E-state index in [0.29, 0.717) is 10.7 Å². The number of hydrogen-bond donors (Lipinski definition) is 1. The molecule has 0 saturated heterocycles. The van der Waals surface area contributed by atoms with E-state index in [0.717, 1.165) is 15.0 Å². The third-order valence-electron chi connectivity index (χ3n) is 3.29. The quantitative estimate of drug-likeness (QED) is 0.568. The molecule has 0 bridgehead atoms. The van der Waals surface area contributed by atoms with E-state index in [1.165, 1.54) is 41.7 Å². The maximum atomic E-state index is 12.1. The van der Waals surface area contributed by atoms with Crippen LogP contribution in [0.15, 0.2) is 54.6 Å². The highest BCUT2D eigenvalue weighted by molar-refractivity contribution is 7.20. The number of hydrogen-bond acceptors (Lipinski definition) is 3. The first-order chi connectivity index (χ1) is 12.0. The minimum Gasteiger partial charge on any atom is -0.435 e. The summed E-state index contributed by atoms with van der Waals surface area (Å²) in [7, 11) is 0. The number of amides is 1. The Morgan fingerprint density at radius 1 is 1.16 bits per heavy atom. The third kappa shape index (κ3) is 4.35. The van der Waals surface area contributed by atoms with Crippen molar-refractivity contribution >= 4 is 50.7 Å². The number of carbonyl (C=O) groups is 1. The minimum atomic E-state index is -2.88. The highest BCUT2D eigenvalue weighted by atomic mass is 35.5. The fraction of sp³-hybridized carbons (Fsp3) is 0.0556. The maximum Gasteiger partial charge on any atom is 0.387 e. The molecule has 7 heteroatoms. The first-order valence-electron chi connectivity index (χ1n) is 7.24. The van der Waals surface area contributed by atoms with Crippen LogP contribution in [-0.2, 0) is 4.79 Å². The van der Waals surface area contributed by atoms with Crippen molar-refractivity contribution in [3.05, 3.63) is 64.5 Å². The Balaban J connectivity index is 1.67. The summed E-state index contributed by atoms with van der Waals surface area (Å²) in [5, 5.41) is 4.20.